The van der Waals surface area contributed by atoms with Crippen molar-refractivity contribution in [1.82, 2.24) is 10.3 Å². The molecule has 2 aromatic heterocycles. The summed E-state index contributed by atoms with van der Waals surface area (Å²) in [4.78, 5) is 18.6. The fourth-order valence-corrected chi connectivity index (χ4v) is 5.60. The number of nitrogens with zero attached hydrogens (tertiary/aromatic N) is 2. The van der Waals surface area contributed by atoms with Crippen molar-refractivity contribution in [3.8, 4) is 17.1 Å². The molecule has 9 heteroatoms. The van der Waals surface area contributed by atoms with Crippen LogP contribution in [0.5, 0.6) is 5.75 Å². The molecule has 1 saturated heterocycles. The normalized spacial score (nSPS) is 16.8. The number of nitrogens with one attached hydrogen (secondary N) is 2. The lowest BCUT2D eigenvalue weighted by molar-refractivity contribution is -0.115. The Morgan fingerprint density at radius 3 is 2.74 bits per heavy atom. The van der Waals surface area contributed by atoms with Gasteiger partial charge in [0.1, 0.15) is 23.3 Å². The van der Waals surface area contributed by atoms with Crippen LogP contribution in [0.1, 0.15) is 42.4 Å². The van der Waals surface area contributed by atoms with Gasteiger partial charge < -0.3 is 24.7 Å². The Bertz CT molecular complexity index is 1490. The molecule has 1 aliphatic rings. The Balaban J connectivity index is 1.58. The second-order valence-corrected chi connectivity index (χ2v) is 10.2. The fraction of sp³-hybridized carbons (Fsp3) is 0.207. The molecular formula is C29H27BrN4O3S. The first-order chi connectivity index (χ1) is 18.4. The van der Waals surface area contributed by atoms with Gasteiger partial charge >= 0.3 is 0 Å². The standard InChI is InChI=1S/C29H27BrN4O3S/c1-4-26(35)32-21-11-9-18(16-25(21)36-3)34-28(27(33-29(34)38)22-7-5-6-14-31-22)24-13-12-23(37-24)19-10-8-17(2)15-20(19)30/h5-16,27-28H,4H2,1-3H3,(H,32,35)(H,33,38)/t27-,28-/m0/s1. The van der Waals surface area contributed by atoms with Crippen LogP contribution < -0.4 is 20.3 Å². The summed E-state index contributed by atoms with van der Waals surface area (Å²) in [6, 6.07) is 21.0. The summed E-state index contributed by atoms with van der Waals surface area (Å²) in [5, 5.41) is 6.86. The summed E-state index contributed by atoms with van der Waals surface area (Å²) in [7, 11) is 1.58. The van der Waals surface area contributed by atoms with Crippen molar-refractivity contribution in [3.05, 3.63) is 94.4 Å². The molecule has 0 aliphatic carbocycles. The van der Waals surface area contributed by atoms with E-state index in [2.05, 4.69) is 50.6 Å². The van der Waals surface area contributed by atoms with Crippen molar-refractivity contribution >= 4 is 50.5 Å². The topological polar surface area (TPSA) is 79.6 Å². The number of pyridine rings is 1. The quantitative estimate of drug-likeness (QED) is 0.225. The van der Waals surface area contributed by atoms with E-state index in [0.29, 0.717) is 23.0 Å². The lowest BCUT2D eigenvalue weighted by Gasteiger charge is -2.27. The molecule has 1 amide bonds. The number of aromatic nitrogens is 1. The van der Waals surface area contributed by atoms with Gasteiger partial charge in [0.15, 0.2) is 5.11 Å². The van der Waals surface area contributed by atoms with Gasteiger partial charge in [-0.1, -0.05) is 35.0 Å². The van der Waals surface area contributed by atoms with Crippen molar-refractivity contribution in [2.75, 3.05) is 17.3 Å². The number of furan rings is 1. The molecule has 0 radical (unpaired) electrons. The van der Waals surface area contributed by atoms with Crippen LogP contribution in [-0.4, -0.2) is 23.1 Å². The molecule has 0 spiro atoms. The molecule has 194 valence electrons. The second kappa shape index (κ2) is 11.0. The largest absolute Gasteiger partial charge is 0.494 e. The van der Waals surface area contributed by atoms with Crippen LogP contribution in [0.25, 0.3) is 11.3 Å². The SMILES string of the molecule is CCC(=O)Nc1ccc(N2C(=S)N[C@@H](c3ccccn3)[C@@H]2c2ccc(-c3ccc(C)cc3Br)o2)cc1OC. The van der Waals surface area contributed by atoms with Crippen LogP contribution in [-0.2, 0) is 4.79 Å². The lowest BCUT2D eigenvalue weighted by atomic mass is 10.0. The third kappa shape index (κ3) is 5.04. The Hall–Kier alpha value is -3.69. The van der Waals surface area contributed by atoms with Crippen molar-refractivity contribution in [2.45, 2.75) is 32.4 Å². The number of hydrogen-bond acceptors (Lipinski definition) is 5. The van der Waals surface area contributed by atoms with Crippen LogP contribution in [0, 0.1) is 6.92 Å². The monoisotopic (exact) mass is 590 g/mol. The first kappa shape index (κ1) is 25.9. The average Bonchev–Trinajstić information content (AvgIpc) is 3.54. The van der Waals surface area contributed by atoms with Crippen LogP contribution in [0.4, 0.5) is 11.4 Å². The maximum absolute atomic E-state index is 12.0. The molecule has 0 bridgehead atoms. The van der Waals surface area contributed by atoms with Gasteiger partial charge in [0.2, 0.25) is 5.91 Å². The molecule has 2 atom stereocenters. The Kier molecular flexibility index (Phi) is 7.49. The van der Waals surface area contributed by atoms with Gasteiger partial charge in [-0.25, -0.2) is 0 Å². The molecule has 2 N–H and O–H groups in total. The summed E-state index contributed by atoms with van der Waals surface area (Å²) in [6.45, 7) is 3.86. The maximum Gasteiger partial charge on any atom is 0.224 e. The van der Waals surface area contributed by atoms with E-state index in [-0.39, 0.29) is 18.0 Å². The number of benzene rings is 2. The number of carbonyl (C=O) groups excluding carboxylic acids is 1. The Morgan fingerprint density at radius 1 is 1.18 bits per heavy atom. The number of hydrogen-bond donors (Lipinski definition) is 2. The predicted octanol–water partition coefficient (Wildman–Crippen LogP) is 6.95. The first-order valence-corrected chi connectivity index (χ1v) is 13.4. The highest BCUT2D eigenvalue weighted by molar-refractivity contribution is 9.10. The van der Waals surface area contributed by atoms with Crippen molar-refractivity contribution in [3.63, 3.8) is 0 Å². The van der Waals surface area contributed by atoms with Crippen LogP contribution in [0.2, 0.25) is 0 Å². The third-order valence-electron chi connectivity index (χ3n) is 6.46. The van der Waals surface area contributed by atoms with Gasteiger partial charge in [0.05, 0.1) is 24.5 Å². The van der Waals surface area contributed by atoms with Crippen LogP contribution >= 0.6 is 28.1 Å². The zero-order valence-electron chi connectivity index (χ0n) is 21.2. The van der Waals surface area contributed by atoms with E-state index in [0.717, 1.165) is 38.5 Å². The minimum absolute atomic E-state index is 0.0899. The summed E-state index contributed by atoms with van der Waals surface area (Å²) in [5.41, 5.74) is 4.37. The lowest BCUT2D eigenvalue weighted by Crippen LogP contribution is -2.29. The summed E-state index contributed by atoms with van der Waals surface area (Å²) in [5.74, 6) is 1.93. The zero-order chi connectivity index (χ0) is 26.8. The van der Waals surface area contributed by atoms with Crippen LogP contribution in [0.15, 0.2) is 81.8 Å². The summed E-state index contributed by atoms with van der Waals surface area (Å²) in [6.07, 6.45) is 2.14. The van der Waals surface area contributed by atoms with Crippen LogP contribution in [0.3, 0.4) is 0 Å². The predicted molar refractivity (Wildman–Crippen MR) is 156 cm³/mol. The van der Waals surface area contributed by atoms with Gasteiger partial charge in [0, 0.05) is 34.4 Å². The van der Waals surface area contributed by atoms with E-state index in [4.69, 9.17) is 21.4 Å². The van der Waals surface area contributed by atoms with Crippen molar-refractivity contribution in [1.29, 1.82) is 0 Å². The maximum atomic E-state index is 12.0. The van der Waals surface area contributed by atoms with Crippen molar-refractivity contribution < 1.29 is 13.9 Å². The number of amides is 1. The number of rotatable bonds is 7. The molecule has 1 aliphatic heterocycles. The number of halogens is 1. The summed E-state index contributed by atoms with van der Waals surface area (Å²) < 4.78 is 13.1. The molecular weight excluding hydrogens is 564 g/mol. The molecule has 2 aromatic carbocycles. The van der Waals surface area contributed by atoms with Gasteiger partial charge in [0.25, 0.3) is 0 Å². The molecule has 7 nitrogen and oxygen atoms in total. The van der Waals surface area contributed by atoms with E-state index in [9.17, 15) is 4.79 Å². The van der Waals surface area contributed by atoms with Gasteiger partial charge in [-0.05, 0) is 73.2 Å². The minimum Gasteiger partial charge on any atom is -0.494 e. The Morgan fingerprint density at radius 2 is 2.03 bits per heavy atom. The van der Waals surface area contributed by atoms with E-state index >= 15 is 0 Å². The number of methoxy groups -OCH3 is 1. The number of anilines is 2. The highest BCUT2D eigenvalue weighted by atomic mass is 79.9. The molecule has 4 aromatic rings. The highest BCUT2D eigenvalue weighted by Crippen LogP contribution is 2.44. The third-order valence-corrected chi connectivity index (χ3v) is 7.44. The van der Waals surface area contributed by atoms with Gasteiger partial charge in [-0.15, -0.1) is 0 Å². The highest BCUT2D eigenvalue weighted by Gasteiger charge is 2.43. The number of carbonyl (C=O) groups is 1. The molecule has 3 heterocycles. The first-order valence-electron chi connectivity index (χ1n) is 12.2. The molecule has 1 fully saturated rings. The number of thiocarbonyl (C=S) groups is 1. The second-order valence-electron chi connectivity index (χ2n) is 8.97. The van der Waals surface area contributed by atoms with Crippen molar-refractivity contribution in [2.24, 2.45) is 0 Å². The molecule has 0 unspecified atom stereocenters. The average molecular weight is 592 g/mol. The Labute approximate surface area is 235 Å². The molecule has 0 saturated carbocycles. The smallest absolute Gasteiger partial charge is 0.224 e. The zero-order valence-corrected chi connectivity index (χ0v) is 23.6. The van der Waals surface area contributed by atoms with Gasteiger partial charge in [-0.3, -0.25) is 9.78 Å². The molecule has 38 heavy (non-hydrogen) atoms. The van der Waals surface area contributed by atoms with E-state index in [1.54, 1.807) is 20.2 Å². The van der Waals surface area contributed by atoms with E-state index in [1.807, 2.05) is 59.5 Å². The van der Waals surface area contributed by atoms with E-state index in [1.165, 1.54) is 0 Å². The number of ether oxygens (including phenoxy) is 1. The fourth-order valence-electron chi connectivity index (χ4n) is 4.57. The van der Waals surface area contributed by atoms with Gasteiger partial charge in [-0.2, -0.15) is 0 Å². The summed E-state index contributed by atoms with van der Waals surface area (Å²) >= 11 is 9.51. The minimum atomic E-state index is -0.323. The van der Waals surface area contributed by atoms with E-state index < -0.39 is 0 Å². The number of aryl methyl sites for hydroxylation is 1. The molecule has 5 rings (SSSR count).